The first-order chi connectivity index (χ1) is 9.58. The van der Waals surface area contributed by atoms with Gasteiger partial charge in [-0.1, -0.05) is 18.2 Å². The lowest BCUT2D eigenvalue weighted by molar-refractivity contribution is 0.250. The Morgan fingerprint density at radius 3 is 2.55 bits per heavy atom. The quantitative estimate of drug-likeness (QED) is 0.874. The first-order valence-corrected chi connectivity index (χ1v) is 7.04. The molecule has 0 saturated heterocycles. The first-order valence-electron chi connectivity index (χ1n) is 7.04. The van der Waals surface area contributed by atoms with E-state index in [1.165, 1.54) is 16.7 Å². The Labute approximate surface area is 121 Å². The number of likely N-dealkylation sites (N-methyl/N-ethyl adjacent to an activating group) is 1. The SMILES string of the molecule is Cc1ccc(CNCC(c2ccco2)N(C)C)cc1C. The molecular formula is C17H24N2O. The molecule has 0 radical (unpaired) electrons. The molecule has 1 N–H and O–H groups in total. The maximum absolute atomic E-state index is 5.51. The fourth-order valence-electron chi connectivity index (χ4n) is 2.29. The maximum Gasteiger partial charge on any atom is 0.122 e. The van der Waals surface area contributed by atoms with Gasteiger partial charge >= 0.3 is 0 Å². The van der Waals surface area contributed by atoms with Gasteiger partial charge in [0.1, 0.15) is 5.76 Å². The van der Waals surface area contributed by atoms with Gasteiger partial charge in [-0.3, -0.25) is 4.90 Å². The Bertz CT molecular complexity index is 532. The number of nitrogens with zero attached hydrogens (tertiary/aromatic N) is 1. The van der Waals surface area contributed by atoms with Crippen LogP contribution in [-0.4, -0.2) is 25.5 Å². The summed E-state index contributed by atoms with van der Waals surface area (Å²) < 4.78 is 5.51. The van der Waals surface area contributed by atoms with Crippen molar-refractivity contribution in [3.63, 3.8) is 0 Å². The van der Waals surface area contributed by atoms with Gasteiger partial charge in [0.05, 0.1) is 12.3 Å². The Balaban J connectivity index is 1.92. The molecule has 3 nitrogen and oxygen atoms in total. The van der Waals surface area contributed by atoms with Crippen molar-refractivity contribution in [1.82, 2.24) is 10.2 Å². The average molecular weight is 272 g/mol. The molecule has 2 aromatic rings. The molecule has 0 spiro atoms. The van der Waals surface area contributed by atoms with Gasteiger partial charge in [0.15, 0.2) is 0 Å². The van der Waals surface area contributed by atoms with E-state index in [1.54, 1.807) is 6.26 Å². The minimum atomic E-state index is 0.261. The Hall–Kier alpha value is -1.58. The summed E-state index contributed by atoms with van der Waals surface area (Å²) in [5, 5.41) is 3.52. The summed E-state index contributed by atoms with van der Waals surface area (Å²) in [5.41, 5.74) is 4.01. The van der Waals surface area contributed by atoms with Crippen molar-refractivity contribution < 1.29 is 4.42 Å². The van der Waals surface area contributed by atoms with Crippen LogP contribution in [-0.2, 0) is 6.54 Å². The predicted octanol–water partition coefficient (Wildman–Crippen LogP) is 3.29. The molecule has 1 heterocycles. The largest absolute Gasteiger partial charge is 0.468 e. The molecule has 0 aliphatic carbocycles. The second-order valence-corrected chi connectivity index (χ2v) is 5.54. The van der Waals surface area contributed by atoms with E-state index in [1.807, 2.05) is 12.1 Å². The molecule has 0 bridgehead atoms. The summed E-state index contributed by atoms with van der Waals surface area (Å²) in [7, 11) is 4.15. The van der Waals surface area contributed by atoms with Crippen LogP contribution in [0, 0.1) is 13.8 Å². The van der Waals surface area contributed by atoms with E-state index in [4.69, 9.17) is 4.42 Å². The molecule has 2 rings (SSSR count). The van der Waals surface area contributed by atoms with Crippen LogP contribution >= 0.6 is 0 Å². The fourth-order valence-corrected chi connectivity index (χ4v) is 2.29. The highest BCUT2D eigenvalue weighted by Gasteiger charge is 2.16. The minimum absolute atomic E-state index is 0.261. The predicted molar refractivity (Wildman–Crippen MR) is 82.8 cm³/mol. The number of benzene rings is 1. The number of rotatable bonds is 6. The van der Waals surface area contributed by atoms with Gasteiger partial charge in [-0.2, -0.15) is 0 Å². The van der Waals surface area contributed by atoms with Gasteiger partial charge in [0, 0.05) is 13.1 Å². The van der Waals surface area contributed by atoms with Gasteiger partial charge < -0.3 is 9.73 Å². The molecule has 1 atom stereocenters. The van der Waals surface area contributed by atoms with Crippen molar-refractivity contribution in [2.45, 2.75) is 26.4 Å². The number of furan rings is 1. The Morgan fingerprint density at radius 1 is 1.15 bits per heavy atom. The summed E-state index contributed by atoms with van der Waals surface area (Å²) in [5.74, 6) is 1.00. The van der Waals surface area contributed by atoms with Crippen molar-refractivity contribution in [3.05, 3.63) is 59.0 Å². The monoisotopic (exact) mass is 272 g/mol. The van der Waals surface area contributed by atoms with Crippen LogP contribution in [0.3, 0.4) is 0 Å². The van der Waals surface area contributed by atoms with Gasteiger partial charge in [-0.25, -0.2) is 0 Å². The lowest BCUT2D eigenvalue weighted by Crippen LogP contribution is -2.30. The molecule has 1 unspecified atom stereocenters. The summed E-state index contributed by atoms with van der Waals surface area (Å²) >= 11 is 0. The van der Waals surface area contributed by atoms with Crippen molar-refractivity contribution in [2.75, 3.05) is 20.6 Å². The van der Waals surface area contributed by atoms with Gasteiger partial charge in [0.25, 0.3) is 0 Å². The van der Waals surface area contributed by atoms with Crippen molar-refractivity contribution >= 4 is 0 Å². The summed E-state index contributed by atoms with van der Waals surface area (Å²) in [6, 6.07) is 10.9. The average Bonchev–Trinajstić information content (AvgIpc) is 2.92. The van der Waals surface area contributed by atoms with Crippen LogP contribution in [0.15, 0.2) is 41.0 Å². The van der Waals surface area contributed by atoms with E-state index < -0.39 is 0 Å². The summed E-state index contributed by atoms with van der Waals surface area (Å²) in [4.78, 5) is 2.17. The van der Waals surface area contributed by atoms with Crippen molar-refractivity contribution in [3.8, 4) is 0 Å². The second kappa shape index (κ2) is 6.73. The Kier molecular flexibility index (Phi) is 4.99. The standard InChI is InChI=1S/C17H24N2O/c1-13-7-8-15(10-14(13)2)11-18-12-16(19(3)4)17-6-5-9-20-17/h5-10,16,18H,11-12H2,1-4H3. The molecule has 3 heteroatoms. The molecule has 20 heavy (non-hydrogen) atoms. The van der Waals surface area contributed by atoms with Gasteiger partial charge in [-0.15, -0.1) is 0 Å². The molecule has 1 aromatic heterocycles. The van der Waals surface area contributed by atoms with Crippen LogP contribution in [0.25, 0.3) is 0 Å². The topological polar surface area (TPSA) is 28.4 Å². The van der Waals surface area contributed by atoms with Crippen molar-refractivity contribution in [1.29, 1.82) is 0 Å². The van der Waals surface area contributed by atoms with Crippen LogP contribution in [0.5, 0.6) is 0 Å². The first kappa shape index (κ1) is 14.8. The zero-order chi connectivity index (χ0) is 14.5. The highest BCUT2D eigenvalue weighted by atomic mass is 16.3. The van der Waals surface area contributed by atoms with Crippen LogP contribution < -0.4 is 5.32 Å². The highest BCUT2D eigenvalue weighted by molar-refractivity contribution is 5.29. The third kappa shape index (κ3) is 3.71. The number of hydrogen-bond acceptors (Lipinski definition) is 3. The third-order valence-corrected chi connectivity index (χ3v) is 3.73. The fraction of sp³-hybridized carbons (Fsp3) is 0.412. The molecule has 0 saturated carbocycles. The van der Waals surface area contributed by atoms with E-state index in [0.29, 0.717) is 0 Å². The molecule has 108 valence electrons. The van der Waals surface area contributed by atoms with E-state index in [2.05, 4.69) is 56.4 Å². The third-order valence-electron chi connectivity index (χ3n) is 3.73. The molecule has 1 aromatic carbocycles. The summed E-state index contributed by atoms with van der Waals surface area (Å²) in [6.07, 6.45) is 1.73. The zero-order valence-corrected chi connectivity index (χ0v) is 12.8. The normalized spacial score (nSPS) is 12.8. The molecule has 0 amide bonds. The molecule has 0 fully saturated rings. The second-order valence-electron chi connectivity index (χ2n) is 5.54. The van der Waals surface area contributed by atoms with E-state index >= 15 is 0 Å². The zero-order valence-electron chi connectivity index (χ0n) is 12.8. The molecular weight excluding hydrogens is 248 g/mol. The van der Waals surface area contributed by atoms with Crippen molar-refractivity contribution in [2.24, 2.45) is 0 Å². The Morgan fingerprint density at radius 2 is 1.95 bits per heavy atom. The number of aryl methyl sites for hydroxylation is 2. The number of nitrogens with one attached hydrogen (secondary N) is 1. The van der Waals surface area contributed by atoms with Crippen LogP contribution in [0.2, 0.25) is 0 Å². The van der Waals surface area contributed by atoms with E-state index in [-0.39, 0.29) is 6.04 Å². The van der Waals surface area contributed by atoms with Gasteiger partial charge in [-0.05, 0) is 56.8 Å². The van der Waals surface area contributed by atoms with Crippen LogP contribution in [0.1, 0.15) is 28.5 Å². The lowest BCUT2D eigenvalue weighted by Gasteiger charge is -2.22. The molecule has 0 aliphatic rings. The van der Waals surface area contributed by atoms with E-state index in [0.717, 1.165) is 18.8 Å². The lowest BCUT2D eigenvalue weighted by atomic mass is 10.1. The molecule has 0 aliphatic heterocycles. The minimum Gasteiger partial charge on any atom is -0.468 e. The van der Waals surface area contributed by atoms with E-state index in [9.17, 15) is 0 Å². The highest BCUT2D eigenvalue weighted by Crippen LogP contribution is 2.18. The van der Waals surface area contributed by atoms with Gasteiger partial charge in [0.2, 0.25) is 0 Å². The summed E-state index contributed by atoms with van der Waals surface area (Å²) in [6.45, 7) is 6.05. The smallest absolute Gasteiger partial charge is 0.122 e. The number of hydrogen-bond donors (Lipinski definition) is 1. The maximum atomic E-state index is 5.51. The van der Waals surface area contributed by atoms with Crippen LogP contribution in [0.4, 0.5) is 0 Å².